The summed E-state index contributed by atoms with van der Waals surface area (Å²) in [6, 6.07) is 11.2. The van der Waals surface area contributed by atoms with Crippen LogP contribution in [-0.4, -0.2) is 46.9 Å². The highest BCUT2D eigenvalue weighted by Crippen LogP contribution is 2.23. The van der Waals surface area contributed by atoms with Gasteiger partial charge in [-0.2, -0.15) is 11.8 Å². The summed E-state index contributed by atoms with van der Waals surface area (Å²) in [6.45, 7) is 2.02. The molecule has 0 bridgehead atoms. The quantitative estimate of drug-likeness (QED) is 0.682. The largest absolute Gasteiger partial charge is 0.456 e. The first-order chi connectivity index (χ1) is 13.3. The number of nitrogens with zero attached hydrogens (tertiary/aromatic N) is 2. The number of amides is 1. The van der Waals surface area contributed by atoms with Crippen molar-refractivity contribution in [1.82, 2.24) is 9.88 Å². The molecular weight excluding hydrogens is 358 g/mol. The van der Waals surface area contributed by atoms with E-state index < -0.39 is 0 Å². The first-order valence-corrected chi connectivity index (χ1v) is 10.9. The van der Waals surface area contributed by atoms with Crippen LogP contribution in [0.4, 0.5) is 5.69 Å². The van der Waals surface area contributed by atoms with Gasteiger partial charge in [0.15, 0.2) is 0 Å². The average Bonchev–Trinajstić information content (AvgIpc) is 2.71. The third kappa shape index (κ3) is 5.97. The van der Waals surface area contributed by atoms with Crippen LogP contribution in [0.1, 0.15) is 25.7 Å². The molecule has 1 amide bonds. The second-order valence-corrected chi connectivity index (χ2v) is 7.68. The van der Waals surface area contributed by atoms with E-state index in [4.69, 9.17) is 4.74 Å². The van der Waals surface area contributed by atoms with Crippen molar-refractivity contribution in [3.63, 3.8) is 0 Å². The van der Waals surface area contributed by atoms with E-state index in [9.17, 15) is 4.79 Å². The minimum atomic E-state index is -0.0214. The molecule has 1 fully saturated rings. The minimum absolute atomic E-state index is 0.0214. The van der Waals surface area contributed by atoms with Gasteiger partial charge in [-0.05, 0) is 80.8 Å². The van der Waals surface area contributed by atoms with Crippen LogP contribution in [0, 0.1) is 0 Å². The Kier molecular flexibility index (Phi) is 7.54. The van der Waals surface area contributed by atoms with E-state index in [1.165, 1.54) is 6.42 Å². The number of nitrogens with one attached hydrogen (secondary N) is 1. The molecule has 3 rings (SSSR count). The van der Waals surface area contributed by atoms with Gasteiger partial charge in [0.2, 0.25) is 5.91 Å². The van der Waals surface area contributed by atoms with E-state index in [-0.39, 0.29) is 11.9 Å². The van der Waals surface area contributed by atoms with Gasteiger partial charge in [0.1, 0.15) is 11.5 Å². The normalized spacial score (nSPS) is 17.4. The van der Waals surface area contributed by atoms with Crippen molar-refractivity contribution >= 4 is 23.4 Å². The lowest BCUT2D eigenvalue weighted by Crippen LogP contribution is -2.47. The SMILES string of the molecule is CSCCCN1CCCC[C@@H]1C(=O)Nc1ccc(Oc2cccnc2)cc1. The number of benzene rings is 1. The van der Waals surface area contributed by atoms with E-state index in [1.54, 1.807) is 12.4 Å². The van der Waals surface area contributed by atoms with Crippen molar-refractivity contribution in [3.05, 3.63) is 48.8 Å². The van der Waals surface area contributed by atoms with Gasteiger partial charge in [-0.15, -0.1) is 0 Å². The lowest BCUT2D eigenvalue weighted by molar-refractivity contribution is -0.122. The van der Waals surface area contributed by atoms with Crippen molar-refractivity contribution < 1.29 is 9.53 Å². The van der Waals surface area contributed by atoms with Gasteiger partial charge in [0, 0.05) is 11.9 Å². The van der Waals surface area contributed by atoms with Gasteiger partial charge in [0.05, 0.1) is 12.2 Å². The summed E-state index contributed by atoms with van der Waals surface area (Å²) >= 11 is 1.86. The number of ether oxygens (including phenoxy) is 1. The maximum Gasteiger partial charge on any atom is 0.241 e. The fourth-order valence-corrected chi connectivity index (χ4v) is 3.76. The van der Waals surface area contributed by atoms with Crippen LogP contribution >= 0.6 is 11.8 Å². The Hall–Kier alpha value is -2.05. The van der Waals surface area contributed by atoms with Crippen molar-refractivity contribution in [2.24, 2.45) is 0 Å². The first-order valence-electron chi connectivity index (χ1n) is 9.48. The second kappa shape index (κ2) is 10.3. The van der Waals surface area contributed by atoms with Crippen molar-refractivity contribution in [2.75, 3.05) is 30.4 Å². The molecule has 27 heavy (non-hydrogen) atoms. The molecule has 2 aromatic rings. The number of thioether (sulfide) groups is 1. The standard InChI is InChI=1S/C21H27N3O2S/c1-27-15-5-14-24-13-3-2-7-20(24)21(25)23-17-8-10-18(11-9-17)26-19-6-4-12-22-16-19/h4,6,8-12,16,20H,2-3,5,7,13-15H2,1H3,(H,23,25)/t20-/m1/s1. The summed E-state index contributed by atoms with van der Waals surface area (Å²) in [6.07, 6.45) is 9.88. The molecule has 0 unspecified atom stereocenters. The zero-order valence-corrected chi connectivity index (χ0v) is 16.6. The molecule has 144 valence electrons. The zero-order chi connectivity index (χ0) is 18.9. The molecule has 1 saturated heterocycles. The lowest BCUT2D eigenvalue weighted by Gasteiger charge is -2.34. The Labute approximate surface area is 165 Å². The number of likely N-dealkylation sites (tertiary alicyclic amines) is 1. The highest BCUT2D eigenvalue weighted by atomic mass is 32.2. The maximum atomic E-state index is 12.8. The van der Waals surface area contributed by atoms with E-state index in [0.717, 1.165) is 49.5 Å². The number of hydrogen-bond donors (Lipinski definition) is 1. The van der Waals surface area contributed by atoms with Crippen LogP contribution in [0.15, 0.2) is 48.8 Å². The fourth-order valence-electron chi connectivity index (χ4n) is 3.34. The topological polar surface area (TPSA) is 54.5 Å². The highest BCUT2D eigenvalue weighted by molar-refractivity contribution is 7.98. The molecule has 1 aliphatic heterocycles. The van der Waals surface area contributed by atoms with Gasteiger partial charge in [-0.25, -0.2) is 0 Å². The van der Waals surface area contributed by atoms with Gasteiger partial charge in [-0.3, -0.25) is 14.7 Å². The first kappa shape index (κ1) is 19.7. The fraction of sp³-hybridized carbons (Fsp3) is 0.429. The van der Waals surface area contributed by atoms with Crippen LogP contribution in [0.5, 0.6) is 11.5 Å². The average molecular weight is 386 g/mol. The van der Waals surface area contributed by atoms with Crippen LogP contribution in [-0.2, 0) is 4.79 Å². The molecule has 1 aromatic heterocycles. The van der Waals surface area contributed by atoms with Crippen molar-refractivity contribution in [1.29, 1.82) is 0 Å². The van der Waals surface area contributed by atoms with E-state index >= 15 is 0 Å². The number of rotatable bonds is 8. The summed E-state index contributed by atoms with van der Waals surface area (Å²) in [7, 11) is 0. The maximum absolute atomic E-state index is 12.8. The Morgan fingerprint density at radius 3 is 2.85 bits per heavy atom. The number of aromatic nitrogens is 1. The lowest BCUT2D eigenvalue weighted by atomic mass is 10.0. The molecule has 1 aliphatic rings. The number of hydrogen-bond acceptors (Lipinski definition) is 5. The summed E-state index contributed by atoms with van der Waals surface area (Å²) < 4.78 is 5.74. The predicted octanol–water partition coefficient (Wildman–Crippen LogP) is 4.42. The summed E-state index contributed by atoms with van der Waals surface area (Å²) in [5, 5.41) is 3.07. The third-order valence-corrected chi connectivity index (χ3v) is 5.40. The van der Waals surface area contributed by atoms with E-state index in [2.05, 4.69) is 21.5 Å². The number of carbonyl (C=O) groups is 1. The second-order valence-electron chi connectivity index (χ2n) is 6.70. The number of carbonyl (C=O) groups excluding carboxylic acids is 1. The molecule has 0 spiro atoms. The summed E-state index contributed by atoms with van der Waals surface area (Å²) in [5.74, 6) is 2.65. The number of anilines is 1. The van der Waals surface area contributed by atoms with Crippen molar-refractivity contribution in [2.45, 2.75) is 31.7 Å². The predicted molar refractivity (Wildman–Crippen MR) is 112 cm³/mol. The third-order valence-electron chi connectivity index (χ3n) is 4.70. The summed E-state index contributed by atoms with van der Waals surface area (Å²) in [4.78, 5) is 19.2. The molecule has 6 heteroatoms. The molecule has 1 N–H and O–H groups in total. The van der Waals surface area contributed by atoms with Crippen LogP contribution in [0.3, 0.4) is 0 Å². The zero-order valence-electron chi connectivity index (χ0n) is 15.8. The molecule has 5 nitrogen and oxygen atoms in total. The summed E-state index contributed by atoms with van der Waals surface area (Å²) in [5.41, 5.74) is 0.799. The molecule has 1 atom stereocenters. The molecule has 1 aromatic carbocycles. The molecule has 0 aliphatic carbocycles. The highest BCUT2D eigenvalue weighted by Gasteiger charge is 2.28. The molecular formula is C21H27N3O2S. The van der Waals surface area contributed by atoms with Crippen LogP contribution < -0.4 is 10.1 Å². The van der Waals surface area contributed by atoms with Crippen molar-refractivity contribution in [3.8, 4) is 11.5 Å². The van der Waals surface area contributed by atoms with Gasteiger partial charge < -0.3 is 10.1 Å². The molecule has 2 heterocycles. The minimum Gasteiger partial charge on any atom is -0.456 e. The smallest absolute Gasteiger partial charge is 0.241 e. The molecule has 0 saturated carbocycles. The number of pyridine rings is 1. The Morgan fingerprint density at radius 1 is 1.26 bits per heavy atom. The van der Waals surface area contributed by atoms with Crippen LogP contribution in [0.2, 0.25) is 0 Å². The monoisotopic (exact) mass is 385 g/mol. The van der Waals surface area contributed by atoms with E-state index in [0.29, 0.717) is 5.75 Å². The van der Waals surface area contributed by atoms with Gasteiger partial charge in [0.25, 0.3) is 0 Å². The Morgan fingerprint density at radius 2 is 2.11 bits per heavy atom. The van der Waals surface area contributed by atoms with Gasteiger partial charge in [-0.1, -0.05) is 6.42 Å². The Bertz CT molecular complexity index is 709. The Balaban J connectivity index is 1.56. The molecule has 0 radical (unpaired) electrons. The van der Waals surface area contributed by atoms with E-state index in [1.807, 2.05) is 48.2 Å². The number of piperidine rings is 1. The van der Waals surface area contributed by atoms with Gasteiger partial charge >= 0.3 is 0 Å². The van der Waals surface area contributed by atoms with Crippen LogP contribution in [0.25, 0.3) is 0 Å².